The highest BCUT2D eigenvalue weighted by Gasteiger charge is 2.23. The summed E-state index contributed by atoms with van der Waals surface area (Å²) in [5.41, 5.74) is 1.66. The van der Waals surface area contributed by atoms with Crippen molar-refractivity contribution in [1.82, 2.24) is 5.32 Å². The average molecular weight is 394 g/mol. The highest BCUT2D eigenvalue weighted by atomic mass is 79.9. The number of halogens is 2. The molecule has 1 N–H and O–H groups in total. The molecule has 1 saturated heterocycles. The van der Waals surface area contributed by atoms with Gasteiger partial charge in [-0.1, -0.05) is 45.7 Å². The molecule has 3 rings (SSSR count). The van der Waals surface area contributed by atoms with Crippen LogP contribution >= 0.6 is 39.3 Å². The highest BCUT2D eigenvalue weighted by molar-refractivity contribution is 9.10. The maximum Gasteiger partial charge on any atom is 0.264 e. The zero-order valence-corrected chi connectivity index (χ0v) is 14.4. The molecule has 110 valence electrons. The van der Waals surface area contributed by atoms with Crippen LogP contribution < -0.4 is 5.32 Å². The second-order valence-corrected chi connectivity index (χ2v) is 6.90. The third-order valence-electron chi connectivity index (χ3n) is 2.84. The van der Waals surface area contributed by atoms with Crippen LogP contribution in [0, 0.1) is 0 Å². The molecule has 0 saturated carbocycles. The zero-order valence-electron chi connectivity index (χ0n) is 11.2. The lowest BCUT2D eigenvalue weighted by Crippen LogP contribution is -2.19. The van der Waals surface area contributed by atoms with Crippen molar-refractivity contribution in [2.24, 2.45) is 4.99 Å². The molecule has 1 amide bonds. The molecule has 6 heteroatoms. The Morgan fingerprint density at radius 3 is 2.77 bits per heavy atom. The number of nitrogens with one attached hydrogen (secondary N) is 1. The van der Waals surface area contributed by atoms with E-state index in [1.165, 1.54) is 11.8 Å². The van der Waals surface area contributed by atoms with Gasteiger partial charge in [0.1, 0.15) is 0 Å². The Morgan fingerprint density at radius 1 is 1.18 bits per heavy atom. The third kappa shape index (κ3) is 3.80. The van der Waals surface area contributed by atoms with Crippen LogP contribution in [0.15, 0.2) is 62.9 Å². The number of hydrogen-bond acceptors (Lipinski definition) is 3. The molecule has 3 nitrogen and oxygen atoms in total. The summed E-state index contributed by atoms with van der Waals surface area (Å²) >= 11 is 10.7. The van der Waals surface area contributed by atoms with E-state index in [1.807, 2.05) is 42.5 Å². The third-order valence-corrected chi connectivity index (χ3v) is 4.47. The lowest BCUT2D eigenvalue weighted by atomic mass is 10.2. The Labute approximate surface area is 145 Å². The lowest BCUT2D eigenvalue weighted by Gasteiger charge is -1.97. The second-order valence-electron chi connectivity index (χ2n) is 4.52. The van der Waals surface area contributed by atoms with Crippen LogP contribution in [0.5, 0.6) is 0 Å². The number of aliphatic imine (C=N–C) groups is 1. The van der Waals surface area contributed by atoms with E-state index in [9.17, 15) is 4.79 Å². The van der Waals surface area contributed by atoms with Gasteiger partial charge in [-0.15, -0.1) is 0 Å². The summed E-state index contributed by atoms with van der Waals surface area (Å²) in [7, 11) is 0. The first kappa shape index (κ1) is 15.3. The zero-order chi connectivity index (χ0) is 15.5. The molecule has 1 aliphatic heterocycles. The summed E-state index contributed by atoms with van der Waals surface area (Å²) in [6.07, 6.45) is 1.84. The Morgan fingerprint density at radius 2 is 2.00 bits per heavy atom. The normalized spacial score (nSPS) is 18.0. The van der Waals surface area contributed by atoms with Gasteiger partial charge in [0.25, 0.3) is 5.91 Å². The van der Waals surface area contributed by atoms with E-state index in [0.29, 0.717) is 20.8 Å². The van der Waals surface area contributed by atoms with Crippen LogP contribution in [0.25, 0.3) is 6.08 Å². The van der Waals surface area contributed by atoms with Gasteiger partial charge in [-0.05, 0) is 53.7 Å². The Balaban J connectivity index is 1.84. The molecule has 1 heterocycles. The van der Waals surface area contributed by atoms with Gasteiger partial charge in [-0.25, -0.2) is 4.99 Å². The molecule has 0 bridgehead atoms. The van der Waals surface area contributed by atoms with Gasteiger partial charge < -0.3 is 5.32 Å². The number of carbonyl (C=O) groups is 1. The Hall–Kier alpha value is -1.56. The van der Waals surface area contributed by atoms with E-state index in [0.717, 1.165) is 10.0 Å². The Bertz CT molecular complexity index is 804. The van der Waals surface area contributed by atoms with E-state index in [4.69, 9.17) is 11.6 Å². The SMILES string of the molecule is O=C1NC(=Nc2cccc(Cl)c2)S/C1=C/c1cccc(Br)c1. The first-order valence-electron chi connectivity index (χ1n) is 6.41. The van der Waals surface area contributed by atoms with Crippen molar-refractivity contribution in [3.05, 3.63) is 68.5 Å². The number of amides is 1. The maximum absolute atomic E-state index is 12.0. The minimum Gasteiger partial charge on any atom is -0.300 e. The summed E-state index contributed by atoms with van der Waals surface area (Å²) < 4.78 is 0.970. The lowest BCUT2D eigenvalue weighted by molar-refractivity contribution is -0.115. The summed E-state index contributed by atoms with van der Waals surface area (Å²) in [6.45, 7) is 0. The largest absolute Gasteiger partial charge is 0.300 e. The van der Waals surface area contributed by atoms with E-state index in [-0.39, 0.29) is 5.91 Å². The molecule has 0 atom stereocenters. The summed E-state index contributed by atoms with van der Waals surface area (Å²) in [5.74, 6) is -0.147. The number of carbonyl (C=O) groups excluding carboxylic acids is 1. The van der Waals surface area contributed by atoms with Crippen LogP contribution in [0.3, 0.4) is 0 Å². The quantitative estimate of drug-likeness (QED) is 0.730. The van der Waals surface area contributed by atoms with Gasteiger partial charge in [0.05, 0.1) is 10.6 Å². The highest BCUT2D eigenvalue weighted by Crippen LogP contribution is 2.29. The van der Waals surface area contributed by atoms with E-state index in [2.05, 4.69) is 26.2 Å². The number of amidine groups is 1. The van der Waals surface area contributed by atoms with Crippen LogP contribution in [0.1, 0.15) is 5.56 Å². The first-order valence-corrected chi connectivity index (χ1v) is 8.40. The molecule has 0 unspecified atom stereocenters. The number of benzene rings is 2. The predicted molar refractivity (Wildman–Crippen MR) is 96.4 cm³/mol. The summed E-state index contributed by atoms with van der Waals surface area (Å²) in [4.78, 5) is 17.0. The summed E-state index contributed by atoms with van der Waals surface area (Å²) in [5, 5.41) is 3.92. The molecule has 2 aromatic rings. The minimum atomic E-state index is -0.147. The maximum atomic E-state index is 12.0. The predicted octanol–water partition coefficient (Wildman–Crippen LogP) is 4.99. The fourth-order valence-electron chi connectivity index (χ4n) is 1.89. The fraction of sp³-hybridized carbons (Fsp3) is 0. The van der Waals surface area contributed by atoms with E-state index >= 15 is 0 Å². The van der Waals surface area contributed by atoms with Crippen molar-refractivity contribution in [2.75, 3.05) is 0 Å². The molecular formula is C16H10BrClN2OS. The molecular weight excluding hydrogens is 384 g/mol. The average Bonchev–Trinajstić information content (AvgIpc) is 2.79. The smallest absolute Gasteiger partial charge is 0.264 e. The molecule has 0 radical (unpaired) electrons. The van der Waals surface area contributed by atoms with Gasteiger partial charge in [0.2, 0.25) is 0 Å². The van der Waals surface area contributed by atoms with Crippen LogP contribution in [0.2, 0.25) is 5.02 Å². The van der Waals surface area contributed by atoms with Crippen molar-refractivity contribution < 1.29 is 4.79 Å². The van der Waals surface area contributed by atoms with Crippen molar-refractivity contribution >= 4 is 62.1 Å². The molecule has 1 fully saturated rings. The first-order chi connectivity index (χ1) is 10.6. The van der Waals surface area contributed by atoms with Gasteiger partial charge in [-0.3, -0.25) is 4.79 Å². The Kier molecular flexibility index (Phi) is 4.66. The topological polar surface area (TPSA) is 41.5 Å². The van der Waals surface area contributed by atoms with Crippen LogP contribution in [-0.2, 0) is 4.79 Å². The molecule has 0 spiro atoms. The monoisotopic (exact) mass is 392 g/mol. The standard InChI is InChI=1S/C16H10BrClN2OS/c17-11-4-1-3-10(7-11)8-14-15(21)20-16(22-14)19-13-6-2-5-12(18)9-13/h1-9H,(H,19,20,21)/b14-8+. The van der Waals surface area contributed by atoms with Gasteiger partial charge in [-0.2, -0.15) is 0 Å². The number of nitrogens with zero attached hydrogens (tertiary/aromatic N) is 1. The number of thioether (sulfide) groups is 1. The molecule has 2 aromatic carbocycles. The van der Waals surface area contributed by atoms with Gasteiger partial charge in [0.15, 0.2) is 5.17 Å². The molecule has 1 aliphatic rings. The second kappa shape index (κ2) is 6.69. The molecule has 0 aromatic heterocycles. The van der Waals surface area contributed by atoms with E-state index in [1.54, 1.807) is 12.1 Å². The minimum absolute atomic E-state index is 0.147. The molecule has 0 aliphatic carbocycles. The van der Waals surface area contributed by atoms with Crippen molar-refractivity contribution in [3.63, 3.8) is 0 Å². The van der Waals surface area contributed by atoms with Crippen LogP contribution in [0.4, 0.5) is 5.69 Å². The molecule has 22 heavy (non-hydrogen) atoms. The fourth-order valence-corrected chi connectivity index (χ4v) is 3.33. The number of rotatable bonds is 2. The van der Waals surface area contributed by atoms with Crippen molar-refractivity contribution in [3.8, 4) is 0 Å². The van der Waals surface area contributed by atoms with Crippen molar-refractivity contribution in [1.29, 1.82) is 0 Å². The van der Waals surface area contributed by atoms with Gasteiger partial charge in [0, 0.05) is 9.50 Å². The van der Waals surface area contributed by atoms with Crippen molar-refractivity contribution in [2.45, 2.75) is 0 Å². The van der Waals surface area contributed by atoms with Gasteiger partial charge >= 0.3 is 0 Å². The van der Waals surface area contributed by atoms with Crippen LogP contribution in [-0.4, -0.2) is 11.1 Å². The summed E-state index contributed by atoms with van der Waals surface area (Å²) in [6, 6.07) is 14.9. The van der Waals surface area contributed by atoms with E-state index < -0.39 is 0 Å². The number of hydrogen-bond donors (Lipinski definition) is 1.